The van der Waals surface area contributed by atoms with E-state index in [4.69, 9.17) is 4.52 Å². The van der Waals surface area contributed by atoms with E-state index in [2.05, 4.69) is 20.2 Å². The predicted octanol–water partition coefficient (Wildman–Crippen LogP) is 5.73. The van der Waals surface area contributed by atoms with Crippen molar-refractivity contribution >= 4 is 22.8 Å². The lowest BCUT2D eigenvalue weighted by molar-refractivity contribution is -0.274. The van der Waals surface area contributed by atoms with Crippen LogP contribution in [0.2, 0.25) is 0 Å². The molecule has 31 heavy (non-hydrogen) atoms. The molecule has 0 aliphatic rings. The SMILES string of the molecule is O=C(c1nocc1-c1cccnc1)C(Nc1cccc(OC(F)(F)F)c1)c1cccs1. The molecule has 1 aromatic carbocycles. The molecule has 10 heteroatoms. The van der Waals surface area contributed by atoms with Crippen molar-refractivity contribution in [2.45, 2.75) is 12.4 Å². The van der Waals surface area contributed by atoms with Gasteiger partial charge in [0.25, 0.3) is 0 Å². The Morgan fingerprint density at radius 1 is 1.16 bits per heavy atom. The number of ketones is 1. The molecule has 0 fully saturated rings. The number of alkyl halides is 3. The number of pyridine rings is 1. The zero-order valence-electron chi connectivity index (χ0n) is 15.7. The maximum Gasteiger partial charge on any atom is 0.573 e. The van der Waals surface area contributed by atoms with Crippen molar-refractivity contribution in [3.05, 3.63) is 83.1 Å². The number of hydrogen-bond acceptors (Lipinski definition) is 7. The van der Waals surface area contributed by atoms with Crippen molar-refractivity contribution in [3.63, 3.8) is 0 Å². The molecule has 0 spiro atoms. The molecule has 158 valence electrons. The summed E-state index contributed by atoms with van der Waals surface area (Å²) >= 11 is 1.33. The number of carbonyl (C=O) groups excluding carboxylic acids is 1. The van der Waals surface area contributed by atoms with Gasteiger partial charge in [-0.3, -0.25) is 9.78 Å². The Bertz CT molecular complexity index is 1160. The van der Waals surface area contributed by atoms with Crippen LogP contribution in [0.25, 0.3) is 11.1 Å². The Labute approximate surface area is 178 Å². The molecule has 0 aliphatic heterocycles. The summed E-state index contributed by atoms with van der Waals surface area (Å²) in [7, 11) is 0. The normalized spacial score (nSPS) is 12.4. The molecule has 0 bridgehead atoms. The fourth-order valence-electron chi connectivity index (χ4n) is 2.95. The highest BCUT2D eigenvalue weighted by Gasteiger charge is 2.32. The monoisotopic (exact) mass is 445 g/mol. The van der Waals surface area contributed by atoms with E-state index in [1.165, 1.54) is 35.8 Å². The molecule has 3 aromatic heterocycles. The van der Waals surface area contributed by atoms with Gasteiger partial charge in [0.2, 0.25) is 5.78 Å². The van der Waals surface area contributed by atoms with Gasteiger partial charge in [0.1, 0.15) is 18.1 Å². The van der Waals surface area contributed by atoms with E-state index in [0.717, 1.165) is 0 Å². The summed E-state index contributed by atoms with van der Waals surface area (Å²) in [5.74, 6) is -0.801. The second-order valence-corrected chi connectivity index (χ2v) is 7.33. The molecule has 0 saturated heterocycles. The highest BCUT2D eigenvalue weighted by Crippen LogP contribution is 2.32. The van der Waals surface area contributed by atoms with Gasteiger partial charge >= 0.3 is 6.36 Å². The number of aromatic nitrogens is 2. The first-order valence-electron chi connectivity index (χ1n) is 8.95. The summed E-state index contributed by atoms with van der Waals surface area (Å²) in [6.45, 7) is 0. The summed E-state index contributed by atoms with van der Waals surface area (Å²) in [5, 5.41) is 8.66. The summed E-state index contributed by atoms with van der Waals surface area (Å²) in [4.78, 5) is 18.1. The summed E-state index contributed by atoms with van der Waals surface area (Å²) in [5.41, 5.74) is 1.48. The van der Waals surface area contributed by atoms with Crippen LogP contribution in [-0.2, 0) is 0 Å². The molecule has 1 unspecified atom stereocenters. The van der Waals surface area contributed by atoms with E-state index in [1.807, 2.05) is 0 Å². The van der Waals surface area contributed by atoms with Gasteiger partial charge in [-0.25, -0.2) is 0 Å². The number of nitrogens with zero attached hydrogens (tertiary/aromatic N) is 2. The molecule has 0 amide bonds. The first-order valence-corrected chi connectivity index (χ1v) is 9.83. The average Bonchev–Trinajstić information content (AvgIpc) is 3.43. The molecular formula is C21H14F3N3O3S. The number of hydrogen-bond donors (Lipinski definition) is 1. The summed E-state index contributed by atoms with van der Waals surface area (Å²) in [6, 6.07) is 11.4. The van der Waals surface area contributed by atoms with E-state index in [9.17, 15) is 18.0 Å². The van der Waals surface area contributed by atoms with Gasteiger partial charge in [-0.15, -0.1) is 24.5 Å². The molecule has 6 nitrogen and oxygen atoms in total. The standard InChI is InChI=1S/C21H14F3N3O3S/c22-21(23,24)30-15-6-1-5-14(10-15)26-19(17-7-3-9-31-17)20(28)18-16(12-29-27-18)13-4-2-8-25-11-13/h1-12,19,26H. The summed E-state index contributed by atoms with van der Waals surface area (Å²) in [6.07, 6.45) is -0.284. The third-order valence-electron chi connectivity index (χ3n) is 4.24. The van der Waals surface area contributed by atoms with Crippen molar-refractivity contribution < 1.29 is 27.2 Å². The number of Topliss-reactive ketones (excluding diaryl/α,β-unsaturated/α-hetero) is 1. The molecule has 0 radical (unpaired) electrons. The predicted molar refractivity (Wildman–Crippen MR) is 108 cm³/mol. The van der Waals surface area contributed by atoms with Crippen molar-refractivity contribution in [2.24, 2.45) is 0 Å². The van der Waals surface area contributed by atoms with Gasteiger partial charge in [-0.05, 0) is 29.6 Å². The number of benzene rings is 1. The quantitative estimate of drug-likeness (QED) is 0.366. The van der Waals surface area contributed by atoms with Crippen LogP contribution in [-0.4, -0.2) is 22.3 Å². The molecule has 0 saturated carbocycles. The topological polar surface area (TPSA) is 77.2 Å². The maximum absolute atomic E-state index is 13.4. The number of rotatable bonds is 7. The molecule has 4 rings (SSSR count). The van der Waals surface area contributed by atoms with Crippen molar-refractivity contribution in [3.8, 4) is 16.9 Å². The molecular weight excluding hydrogens is 431 g/mol. The van der Waals surface area contributed by atoms with Gasteiger partial charge < -0.3 is 14.6 Å². The molecule has 4 aromatic rings. The van der Waals surface area contributed by atoms with Gasteiger partial charge in [0.05, 0.1) is 5.56 Å². The third-order valence-corrected chi connectivity index (χ3v) is 5.18. The Morgan fingerprint density at radius 3 is 2.74 bits per heavy atom. The van der Waals surface area contributed by atoms with Gasteiger partial charge in [0, 0.05) is 34.6 Å². The maximum atomic E-state index is 13.4. The Hall–Kier alpha value is -3.66. The molecule has 0 aliphatic carbocycles. The first kappa shape index (κ1) is 20.6. The lowest BCUT2D eigenvalue weighted by atomic mass is 10.0. The highest BCUT2D eigenvalue weighted by atomic mass is 32.1. The number of ether oxygens (including phenoxy) is 1. The number of anilines is 1. The van der Waals surface area contributed by atoms with Crippen LogP contribution in [0, 0.1) is 0 Å². The minimum atomic E-state index is -4.82. The van der Waals surface area contributed by atoms with E-state index in [-0.39, 0.29) is 11.4 Å². The Morgan fingerprint density at radius 2 is 2.03 bits per heavy atom. The fraction of sp³-hybridized carbons (Fsp3) is 0.0952. The highest BCUT2D eigenvalue weighted by molar-refractivity contribution is 7.10. The molecule has 1 atom stereocenters. The van der Waals surface area contributed by atoms with Crippen molar-refractivity contribution in [1.29, 1.82) is 0 Å². The number of thiophene rings is 1. The van der Waals surface area contributed by atoms with E-state index in [1.54, 1.807) is 48.1 Å². The van der Waals surface area contributed by atoms with Gasteiger partial charge in [-0.1, -0.05) is 23.4 Å². The van der Waals surface area contributed by atoms with Gasteiger partial charge in [-0.2, -0.15) is 0 Å². The van der Waals surface area contributed by atoms with Crippen molar-refractivity contribution in [1.82, 2.24) is 10.1 Å². The van der Waals surface area contributed by atoms with Gasteiger partial charge in [0.15, 0.2) is 5.69 Å². The van der Waals surface area contributed by atoms with Crippen molar-refractivity contribution in [2.75, 3.05) is 5.32 Å². The molecule has 1 N–H and O–H groups in total. The number of halogens is 3. The Kier molecular flexibility index (Phi) is 5.72. The Balaban J connectivity index is 1.66. The third kappa shape index (κ3) is 4.92. The van der Waals surface area contributed by atoms with E-state index in [0.29, 0.717) is 16.0 Å². The number of nitrogens with one attached hydrogen (secondary N) is 1. The van der Waals surface area contributed by atoms with Crippen LogP contribution in [0.4, 0.5) is 18.9 Å². The zero-order valence-corrected chi connectivity index (χ0v) is 16.5. The van der Waals surface area contributed by atoms with E-state index >= 15 is 0 Å². The average molecular weight is 445 g/mol. The van der Waals surface area contributed by atoms with Crippen LogP contribution >= 0.6 is 11.3 Å². The zero-order chi connectivity index (χ0) is 21.8. The lowest BCUT2D eigenvalue weighted by Crippen LogP contribution is -2.21. The second-order valence-electron chi connectivity index (χ2n) is 6.35. The molecule has 3 heterocycles. The fourth-order valence-corrected chi connectivity index (χ4v) is 3.72. The van der Waals surface area contributed by atoms with Crippen LogP contribution < -0.4 is 10.1 Å². The smallest absolute Gasteiger partial charge is 0.406 e. The lowest BCUT2D eigenvalue weighted by Gasteiger charge is -2.18. The minimum absolute atomic E-state index is 0.0848. The summed E-state index contributed by atoms with van der Waals surface area (Å²) < 4.78 is 46.7. The first-order chi connectivity index (χ1) is 14.9. The van der Waals surface area contributed by atoms with Crippen LogP contribution in [0.3, 0.4) is 0 Å². The second kappa shape index (κ2) is 8.60. The number of carbonyl (C=O) groups is 1. The van der Waals surface area contributed by atoms with Crippen LogP contribution in [0.5, 0.6) is 5.75 Å². The minimum Gasteiger partial charge on any atom is -0.406 e. The van der Waals surface area contributed by atoms with Crippen LogP contribution in [0.15, 0.2) is 77.1 Å². The largest absolute Gasteiger partial charge is 0.573 e. The van der Waals surface area contributed by atoms with Crippen LogP contribution in [0.1, 0.15) is 21.4 Å². The van der Waals surface area contributed by atoms with E-state index < -0.39 is 23.9 Å².